The molecule has 4 N–H and O–H groups in total. The van der Waals surface area contributed by atoms with E-state index in [1.807, 2.05) is 24.3 Å². The summed E-state index contributed by atoms with van der Waals surface area (Å²) >= 11 is 0. The molecule has 1 aliphatic carbocycles. The number of primary amides is 1. The molecule has 212 valence electrons. The molecule has 1 aromatic heterocycles. The van der Waals surface area contributed by atoms with Crippen molar-refractivity contribution < 1.29 is 18.0 Å². The summed E-state index contributed by atoms with van der Waals surface area (Å²) in [5.74, 6) is 0.319. The molecule has 6 nitrogen and oxygen atoms in total. The summed E-state index contributed by atoms with van der Waals surface area (Å²) in [4.78, 5) is 18.4. The van der Waals surface area contributed by atoms with Crippen molar-refractivity contribution in [2.75, 3.05) is 23.3 Å². The minimum absolute atomic E-state index is 0.173. The zero-order chi connectivity index (χ0) is 28.3. The van der Waals surface area contributed by atoms with Crippen molar-refractivity contribution in [1.82, 2.24) is 10.3 Å². The number of benzene rings is 2. The van der Waals surface area contributed by atoms with Gasteiger partial charge in [0.1, 0.15) is 5.82 Å². The van der Waals surface area contributed by atoms with Gasteiger partial charge in [-0.15, -0.1) is 0 Å². The molecule has 2 aliphatic rings. The molecule has 2 heterocycles. The Hall–Kier alpha value is -3.59. The second-order valence-corrected chi connectivity index (χ2v) is 11.3. The van der Waals surface area contributed by atoms with Crippen molar-refractivity contribution in [3.63, 3.8) is 0 Å². The molecule has 1 aliphatic heterocycles. The summed E-state index contributed by atoms with van der Waals surface area (Å²) in [6, 6.07) is 17.1. The first kappa shape index (κ1) is 28.0. The number of nitrogens with one attached hydrogen (secondary N) is 2. The van der Waals surface area contributed by atoms with Gasteiger partial charge in [-0.3, -0.25) is 4.79 Å². The summed E-state index contributed by atoms with van der Waals surface area (Å²) in [6.07, 6.45) is 3.71. The van der Waals surface area contributed by atoms with Gasteiger partial charge in [0.15, 0.2) is 0 Å². The minimum atomic E-state index is -4.33. The molecule has 1 amide bonds. The molecule has 3 atom stereocenters. The first-order chi connectivity index (χ1) is 19.1. The van der Waals surface area contributed by atoms with E-state index in [1.165, 1.54) is 12.1 Å². The van der Waals surface area contributed by atoms with Gasteiger partial charge in [0, 0.05) is 48.2 Å². The van der Waals surface area contributed by atoms with Crippen LogP contribution in [0.25, 0.3) is 11.1 Å². The van der Waals surface area contributed by atoms with Crippen molar-refractivity contribution in [2.45, 2.75) is 69.2 Å². The van der Waals surface area contributed by atoms with Crippen LogP contribution in [0.15, 0.2) is 66.9 Å². The highest BCUT2D eigenvalue weighted by atomic mass is 19.4. The van der Waals surface area contributed by atoms with Gasteiger partial charge in [-0.2, -0.15) is 13.2 Å². The molecule has 1 saturated heterocycles. The third-order valence-corrected chi connectivity index (χ3v) is 8.13. The molecule has 1 saturated carbocycles. The fourth-order valence-corrected chi connectivity index (χ4v) is 6.09. The Kier molecular flexibility index (Phi) is 8.03. The number of aromatic nitrogens is 1. The minimum Gasteiger partial charge on any atom is -0.370 e. The molecular weight excluding hydrogens is 515 g/mol. The maximum atomic E-state index is 13.0. The number of piperidine rings is 1. The third-order valence-electron chi connectivity index (χ3n) is 8.13. The van der Waals surface area contributed by atoms with Gasteiger partial charge in [-0.25, -0.2) is 4.98 Å². The van der Waals surface area contributed by atoms with Crippen LogP contribution in [0.4, 0.5) is 24.7 Å². The Morgan fingerprint density at radius 1 is 1.00 bits per heavy atom. The standard InChI is InChI=1S/C31H36F3N5O/c1-30(15-5-17-39(20-30)25-12-10-24(11-13-25)31(32,33)34)38-27-9-3-2-8-26(27)37-28-19-22(14-16-36-28)21-6-4-7-23(18-21)29(35)40/h4,6-7,10-14,16,18-19,26-27,38H,2-3,5,8-9,15,17,20H2,1H3,(H2,35,40)(H,36,37)/t26-,27-,30+/m1/s1. The van der Waals surface area contributed by atoms with Crippen LogP contribution in [-0.4, -0.2) is 41.6 Å². The van der Waals surface area contributed by atoms with Crippen molar-refractivity contribution >= 4 is 17.4 Å². The fraction of sp³-hybridized carbons (Fsp3) is 0.419. The molecule has 0 radical (unpaired) electrons. The highest BCUT2D eigenvalue weighted by Crippen LogP contribution is 2.33. The Balaban J connectivity index is 1.28. The number of carbonyl (C=O) groups is 1. The van der Waals surface area contributed by atoms with Crippen LogP contribution < -0.4 is 21.3 Å². The van der Waals surface area contributed by atoms with Gasteiger partial charge in [0.25, 0.3) is 0 Å². The van der Waals surface area contributed by atoms with E-state index in [-0.39, 0.29) is 17.6 Å². The summed E-state index contributed by atoms with van der Waals surface area (Å²) in [5.41, 5.74) is 7.81. The van der Waals surface area contributed by atoms with E-state index in [9.17, 15) is 18.0 Å². The zero-order valence-corrected chi connectivity index (χ0v) is 22.7. The van der Waals surface area contributed by atoms with Gasteiger partial charge in [0.2, 0.25) is 5.91 Å². The average molecular weight is 552 g/mol. The number of nitrogens with zero attached hydrogens (tertiary/aromatic N) is 2. The number of nitrogens with two attached hydrogens (primary N) is 1. The number of hydrogen-bond donors (Lipinski definition) is 3. The lowest BCUT2D eigenvalue weighted by molar-refractivity contribution is -0.137. The number of rotatable bonds is 7. The SMILES string of the molecule is C[C@]1(N[C@@H]2CCCC[C@H]2Nc2cc(-c3cccc(C(N)=O)c3)ccn2)CCCN(c2ccc(C(F)(F)F)cc2)C1. The first-order valence-corrected chi connectivity index (χ1v) is 13.9. The molecule has 3 aromatic rings. The molecule has 2 fully saturated rings. The van der Waals surface area contributed by atoms with Gasteiger partial charge < -0.3 is 21.3 Å². The molecule has 9 heteroatoms. The molecule has 40 heavy (non-hydrogen) atoms. The summed E-state index contributed by atoms with van der Waals surface area (Å²) in [7, 11) is 0. The Morgan fingerprint density at radius 2 is 1.73 bits per heavy atom. The highest BCUT2D eigenvalue weighted by Gasteiger charge is 2.37. The van der Waals surface area contributed by atoms with Crippen molar-refractivity contribution in [3.8, 4) is 11.1 Å². The van der Waals surface area contributed by atoms with Crippen LogP contribution in [0, 0.1) is 0 Å². The van der Waals surface area contributed by atoms with Crippen LogP contribution in [0.2, 0.25) is 0 Å². The third kappa shape index (κ3) is 6.58. The molecule has 0 unspecified atom stereocenters. The van der Waals surface area contributed by atoms with Gasteiger partial charge in [-0.1, -0.05) is 25.0 Å². The number of alkyl halides is 3. The molecular formula is C31H36F3N5O. The number of halogens is 3. The Labute approximate surface area is 233 Å². The second kappa shape index (κ2) is 11.5. The van der Waals surface area contributed by atoms with Crippen molar-refractivity contribution in [1.29, 1.82) is 0 Å². The first-order valence-electron chi connectivity index (χ1n) is 13.9. The van der Waals surface area contributed by atoms with E-state index in [2.05, 4.69) is 27.4 Å². The number of amides is 1. The average Bonchev–Trinajstić information content (AvgIpc) is 2.94. The van der Waals surface area contributed by atoms with E-state index in [1.54, 1.807) is 30.5 Å². The lowest BCUT2D eigenvalue weighted by atomic mass is 9.84. The normalized spacial score (nSPS) is 23.6. The molecule has 0 bridgehead atoms. The summed E-state index contributed by atoms with van der Waals surface area (Å²) < 4.78 is 39.1. The quantitative estimate of drug-likeness (QED) is 0.324. The van der Waals surface area contributed by atoms with E-state index in [4.69, 9.17) is 5.73 Å². The maximum absolute atomic E-state index is 13.0. The van der Waals surface area contributed by atoms with Gasteiger partial charge in [-0.05, 0) is 92.3 Å². The lowest BCUT2D eigenvalue weighted by Crippen LogP contribution is -2.61. The smallest absolute Gasteiger partial charge is 0.370 e. The van der Waals surface area contributed by atoms with E-state index in [0.29, 0.717) is 5.56 Å². The van der Waals surface area contributed by atoms with Crippen LogP contribution in [0.1, 0.15) is 61.4 Å². The highest BCUT2D eigenvalue weighted by molar-refractivity contribution is 5.94. The largest absolute Gasteiger partial charge is 0.416 e. The van der Waals surface area contributed by atoms with Gasteiger partial charge >= 0.3 is 6.18 Å². The summed E-state index contributed by atoms with van der Waals surface area (Å²) in [5, 5.41) is 7.61. The number of carbonyl (C=O) groups excluding carboxylic acids is 1. The summed E-state index contributed by atoms with van der Waals surface area (Å²) in [6.45, 7) is 3.77. The number of pyridine rings is 1. The van der Waals surface area contributed by atoms with Crippen molar-refractivity contribution in [2.24, 2.45) is 5.73 Å². The van der Waals surface area contributed by atoms with Crippen molar-refractivity contribution in [3.05, 3.63) is 78.0 Å². The van der Waals surface area contributed by atoms with E-state index >= 15 is 0 Å². The van der Waals surface area contributed by atoms with E-state index < -0.39 is 17.6 Å². The second-order valence-electron chi connectivity index (χ2n) is 11.3. The van der Waals surface area contributed by atoms with Crippen LogP contribution in [0.3, 0.4) is 0 Å². The monoisotopic (exact) mass is 551 g/mol. The molecule has 5 rings (SSSR count). The predicted molar refractivity (Wildman–Crippen MR) is 152 cm³/mol. The van der Waals surface area contributed by atoms with Crippen LogP contribution in [-0.2, 0) is 6.18 Å². The van der Waals surface area contributed by atoms with E-state index in [0.717, 1.165) is 74.2 Å². The topological polar surface area (TPSA) is 83.3 Å². The van der Waals surface area contributed by atoms with Gasteiger partial charge in [0.05, 0.1) is 5.56 Å². The number of anilines is 2. The Bertz CT molecular complexity index is 1330. The maximum Gasteiger partial charge on any atom is 0.416 e. The zero-order valence-electron chi connectivity index (χ0n) is 22.7. The van der Waals surface area contributed by atoms with Crippen LogP contribution >= 0.6 is 0 Å². The lowest BCUT2D eigenvalue weighted by Gasteiger charge is -2.46. The molecule has 2 aromatic carbocycles. The Morgan fingerprint density at radius 3 is 2.45 bits per heavy atom. The fourth-order valence-electron chi connectivity index (χ4n) is 6.09. The predicted octanol–water partition coefficient (Wildman–Crippen LogP) is 6.24. The van der Waals surface area contributed by atoms with Crippen LogP contribution in [0.5, 0.6) is 0 Å². The molecule has 0 spiro atoms. The number of hydrogen-bond acceptors (Lipinski definition) is 5.